The fourth-order valence-corrected chi connectivity index (χ4v) is 2.56. The van der Waals surface area contributed by atoms with E-state index in [1.165, 1.54) is 0 Å². The summed E-state index contributed by atoms with van der Waals surface area (Å²) in [5.41, 5.74) is 3.36. The Labute approximate surface area is 110 Å². The number of carbonyl (C=O) groups excluding carboxylic acids is 1. The average molecular weight is 249 g/mol. The van der Waals surface area contributed by atoms with Gasteiger partial charge in [-0.15, -0.1) is 0 Å². The van der Waals surface area contributed by atoms with Crippen molar-refractivity contribution in [1.82, 2.24) is 0 Å². The highest BCUT2D eigenvalue weighted by atomic mass is 16.5. The van der Waals surface area contributed by atoms with Crippen LogP contribution in [0.1, 0.15) is 22.3 Å². The Bertz CT molecular complexity index is 732. The number of benzene rings is 2. The first kappa shape index (κ1) is 10.4. The van der Waals surface area contributed by atoms with E-state index in [0.717, 1.165) is 28.3 Å². The number of nitrogens with one attached hydrogen (secondary N) is 1. The van der Waals surface area contributed by atoms with Crippen molar-refractivity contribution < 1.29 is 9.53 Å². The van der Waals surface area contributed by atoms with Gasteiger partial charge < -0.3 is 10.1 Å². The molecule has 3 heteroatoms. The molecule has 0 aromatic heterocycles. The molecule has 3 nitrogen and oxygen atoms in total. The molecule has 19 heavy (non-hydrogen) atoms. The van der Waals surface area contributed by atoms with Crippen molar-refractivity contribution in [1.29, 1.82) is 0 Å². The number of hydrogen-bond donors (Lipinski definition) is 1. The highest BCUT2D eigenvalue weighted by Gasteiger charge is 2.25. The van der Waals surface area contributed by atoms with Gasteiger partial charge in [0.05, 0.1) is 16.9 Å². The summed E-state index contributed by atoms with van der Waals surface area (Å²) in [4.78, 5) is 12.1. The van der Waals surface area contributed by atoms with E-state index in [0.29, 0.717) is 12.2 Å². The van der Waals surface area contributed by atoms with Gasteiger partial charge in [-0.2, -0.15) is 0 Å². The third-order valence-electron chi connectivity index (χ3n) is 3.45. The predicted molar refractivity (Wildman–Crippen MR) is 74.2 cm³/mol. The van der Waals surface area contributed by atoms with E-state index in [9.17, 15) is 4.79 Å². The molecule has 0 bridgehead atoms. The molecule has 2 aromatic carbocycles. The molecule has 2 aromatic rings. The fourth-order valence-electron chi connectivity index (χ4n) is 2.56. The lowest BCUT2D eigenvalue weighted by Gasteiger charge is -2.25. The van der Waals surface area contributed by atoms with Crippen LogP contribution in [0.4, 0.5) is 11.4 Å². The number of para-hydroxylation sites is 2. The number of allylic oxidation sites excluding steroid dienone is 1. The molecule has 2 aliphatic rings. The number of fused-ring (bicyclic) bond motifs is 4. The zero-order valence-corrected chi connectivity index (χ0v) is 10.1. The third kappa shape index (κ3) is 1.48. The third-order valence-corrected chi connectivity index (χ3v) is 3.45. The molecule has 1 heterocycles. The summed E-state index contributed by atoms with van der Waals surface area (Å²) in [6.45, 7) is 0. The second kappa shape index (κ2) is 3.72. The first-order valence-corrected chi connectivity index (χ1v) is 6.23. The molecule has 4 rings (SSSR count). The molecule has 0 saturated carbocycles. The summed E-state index contributed by atoms with van der Waals surface area (Å²) in [7, 11) is 0. The van der Waals surface area contributed by atoms with Gasteiger partial charge in [0.1, 0.15) is 0 Å². The molecule has 0 atom stereocenters. The van der Waals surface area contributed by atoms with E-state index in [4.69, 9.17) is 4.74 Å². The largest absolute Gasteiger partial charge is 0.453 e. The van der Waals surface area contributed by atoms with E-state index >= 15 is 0 Å². The molecular weight excluding hydrogens is 238 g/mol. The number of hydrogen-bond acceptors (Lipinski definition) is 3. The van der Waals surface area contributed by atoms with Crippen LogP contribution in [0.5, 0.6) is 11.5 Å². The Hall–Kier alpha value is -2.55. The fraction of sp³-hybridized carbons (Fsp3) is 0.0625. The van der Waals surface area contributed by atoms with Crippen LogP contribution >= 0.6 is 0 Å². The monoisotopic (exact) mass is 249 g/mol. The minimum Gasteiger partial charge on any atom is -0.453 e. The van der Waals surface area contributed by atoms with Gasteiger partial charge in [-0.1, -0.05) is 30.4 Å². The SMILES string of the molecule is O=C1CC=Cc2ccc3c(c21)Nc1ccccc1O3. The van der Waals surface area contributed by atoms with Crippen LogP contribution in [0.2, 0.25) is 0 Å². The van der Waals surface area contributed by atoms with Crippen molar-refractivity contribution >= 4 is 23.2 Å². The van der Waals surface area contributed by atoms with E-state index in [-0.39, 0.29) is 5.78 Å². The Morgan fingerprint density at radius 2 is 1.95 bits per heavy atom. The van der Waals surface area contributed by atoms with Gasteiger partial charge in [0.2, 0.25) is 0 Å². The molecular formula is C16H11NO2. The Morgan fingerprint density at radius 1 is 1.05 bits per heavy atom. The number of carbonyl (C=O) groups is 1. The van der Waals surface area contributed by atoms with Crippen LogP contribution in [0.25, 0.3) is 6.08 Å². The number of ether oxygens (including phenoxy) is 1. The van der Waals surface area contributed by atoms with Crippen molar-refractivity contribution in [2.45, 2.75) is 6.42 Å². The van der Waals surface area contributed by atoms with Gasteiger partial charge in [-0.3, -0.25) is 4.79 Å². The van der Waals surface area contributed by atoms with Gasteiger partial charge in [-0.25, -0.2) is 0 Å². The summed E-state index contributed by atoms with van der Waals surface area (Å²) < 4.78 is 5.85. The van der Waals surface area contributed by atoms with Crippen molar-refractivity contribution in [2.24, 2.45) is 0 Å². The summed E-state index contributed by atoms with van der Waals surface area (Å²) >= 11 is 0. The van der Waals surface area contributed by atoms with Crippen molar-refractivity contribution in [3.63, 3.8) is 0 Å². The number of anilines is 2. The Morgan fingerprint density at radius 3 is 2.89 bits per heavy atom. The molecule has 1 aliphatic carbocycles. The Kier molecular flexibility index (Phi) is 2.03. The summed E-state index contributed by atoms with van der Waals surface area (Å²) in [6.07, 6.45) is 4.33. The van der Waals surface area contributed by atoms with Gasteiger partial charge in [0.15, 0.2) is 17.3 Å². The number of Topliss-reactive ketones (excluding diaryl/α,β-unsaturated/α-hetero) is 1. The Balaban J connectivity index is 1.93. The first-order valence-electron chi connectivity index (χ1n) is 6.23. The molecule has 0 saturated heterocycles. The zero-order chi connectivity index (χ0) is 12.8. The van der Waals surface area contributed by atoms with Crippen molar-refractivity contribution in [3.8, 4) is 11.5 Å². The first-order chi connectivity index (χ1) is 9.33. The molecule has 0 amide bonds. The predicted octanol–water partition coefficient (Wildman–Crippen LogP) is 4.14. The zero-order valence-electron chi connectivity index (χ0n) is 10.1. The summed E-state index contributed by atoms with van der Waals surface area (Å²) in [6, 6.07) is 11.6. The maximum Gasteiger partial charge on any atom is 0.169 e. The van der Waals surface area contributed by atoms with Crippen LogP contribution < -0.4 is 10.1 Å². The maximum absolute atomic E-state index is 12.1. The van der Waals surface area contributed by atoms with Crippen molar-refractivity contribution in [3.05, 3.63) is 53.6 Å². The lowest BCUT2D eigenvalue weighted by atomic mass is 9.93. The molecule has 0 fully saturated rings. The lowest BCUT2D eigenvalue weighted by molar-refractivity contribution is 0.0995. The maximum atomic E-state index is 12.1. The van der Waals surface area contributed by atoms with E-state index in [1.807, 2.05) is 48.6 Å². The second-order valence-electron chi connectivity index (χ2n) is 4.66. The van der Waals surface area contributed by atoms with Crippen LogP contribution in [0.15, 0.2) is 42.5 Å². The minimum atomic E-state index is 0.129. The quantitative estimate of drug-likeness (QED) is 0.650. The number of ketones is 1. The van der Waals surface area contributed by atoms with Crippen molar-refractivity contribution in [2.75, 3.05) is 5.32 Å². The van der Waals surface area contributed by atoms with E-state index in [1.54, 1.807) is 0 Å². The van der Waals surface area contributed by atoms with Gasteiger partial charge in [0, 0.05) is 6.42 Å². The van der Waals surface area contributed by atoms with Crippen LogP contribution in [0.3, 0.4) is 0 Å². The van der Waals surface area contributed by atoms with Crippen LogP contribution in [-0.4, -0.2) is 5.78 Å². The molecule has 92 valence electrons. The molecule has 0 radical (unpaired) electrons. The normalized spacial score (nSPS) is 14.8. The highest BCUT2D eigenvalue weighted by Crippen LogP contribution is 2.45. The molecule has 0 unspecified atom stereocenters. The summed E-state index contributed by atoms with van der Waals surface area (Å²) in [5.74, 6) is 1.62. The smallest absolute Gasteiger partial charge is 0.169 e. The van der Waals surface area contributed by atoms with E-state index < -0.39 is 0 Å². The standard InChI is InChI=1S/C16H11NO2/c18-12-6-3-4-10-8-9-14-16(15(10)12)17-11-5-1-2-7-13(11)19-14/h1-5,7-9,17H,6H2. The van der Waals surface area contributed by atoms with Crippen LogP contribution in [0, 0.1) is 0 Å². The molecule has 1 aliphatic heterocycles. The van der Waals surface area contributed by atoms with Gasteiger partial charge in [0.25, 0.3) is 0 Å². The molecule has 0 spiro atoms. The lowest BCUT2D eigenvalue weighted by Crippen LogP contribution is -2.12. The summed E-state index contributed by atoms with van der Waals surface area (Å²) in [5, 5.41) is 3.32. The second-order valence-corrected chi connectivity index (χ2v) is 4.66. The minimum absolute atomic E-state index is 0.129. The highest BCUT2D eigenvalue weighted by molar-refractivity contribution is 6.09. The van der Waals surface area contributed by atoms with E-state index in [2.05, 4.69) is 5.32 Å². The number of rotatable bonds is 0. The van der Waals surface area contributed by atoms with Gasteiger partial charge >= 0.3 is 0 Å². The van der Waals surface area contributed by atoms with Crippen LogP contribution in [-0.2, 0) is 0 Å². The molecule has 1 N–H and O–H groups in total. The average Bonchev–Trinajstić information content (AvgIpc) is 2.45. The topological polar surface area (TPSA) is 38.3 Å². The van der Waals surface area contributed by atoms with Gasteiger partial charge in [-0.05, 0) is 23.8 Å².